The molecule has 116 valence electrons. The normalized spacial score (nSPS) is 44.0. The molecule has 4 bridgehead atoms. The number of nitrogens with one attached hydrogen (secondary N) is 2. The summed E-state index contributed by atoms with van der Waals surface area (Å²) in [6.45, 7) is 7.05. The summed E-state index contributed by atoms with van der Waals surface area (Å²) in [5.74, 6) is 2.87. The van der Waals surface area contributed by atoms with Gasteiger partial charge in [-0.1, -0.05) is 20.8 Å². The highest BCUT2D eigenvalue weighted by Crippen LogP contribution is 2.62. The SMILES string of the molecule is CNS(=O)(=O)NC12CC3CC(C1)C(C(C)(C)C)C(C3)C2. The molecule has 0 aromatic carbocycles. The van der Waals surface area contributed by atoms with Crippen LogP contribution in [0.4, 0.5) is 0 Å². The number of rotatable bonds is 3. The minimum Gasteiger partial charge on any atom is -0.205 e. The van der Waals surface area contributed by atoms with Crippen LogP contribution in [0.1, 0.15) is 52.9 Å². The van der Waals surface area contributed by atoms with Crippen molar-refractivity contribution in [2.45, 2.75) is 58.4 Å². The van der Waals surface area contributed by atoms with Crippen LogP contribution in [0.3, 0.4) is 0 Å². The third-order valence-electron chi connectivity index (χ3n) is 5.89. The first-order valence-electron chi connectivity index (χ1n) is 7.87. The maximum atomic E-state index is 11.9. The van der Waals surface area contributed by atoms with E-state index in [-0.39, 0.29) is 5.54 Å². The van der Waals surface area contributed by atoms with E-state index in [2.05, 4.69) is 30.2 Å². The van der Waals surface area contributed by atoms with E-state index in [0.717, 1.165) is 31.1 Å². The quantitative estimate of drug-likeness (QED) is 0.840. The Bertz CT molecular complexity index is 478. The summed E-state index contributed by atoms with van der Waals surface area (Å²) in [6.07, 6.45) is 5.71. The van der Waals surface area contributed by atoms with Crippen LogP contribution in [-0.4, -0.2) is 21.0 Å². The molecule has 5 heteroatoms. The van der Waals surface area contributed by atoms with Crippen LogP contribution < -0.4 is 9.44 Å². The van der Waals surface area contributed by atoms with Gasteiger partial charge in [0.15, 0.2) is 0 Å². The Balaban J connectivity index is 1.87. The van der Waals surface area contributed by atoms with Gasteiger partial charge in [-0.3, -0.25) is 0 Å². The molecule has 0 aromatic rings. The van der Waals surface area contributed by atoms with Gasteiger partial charge in [0, 0.05) is 12.6 Å². The minimum absolute atomic E-state index is 0.167. The van der Waals surface area contributed by atoms with Gasteiger partial charge in [-0.15, -0.1) is 0 Å². The lowest BCUT2D eigenvalue weighted by molar-refractivity contribution is -0.0970. The Morgan fingerprint density at radius 3 is 2.05 bits per heavy atom. The van der Waals surface area contributed by atoms with Gasteiger partial charge >= 0.3 is 0 Å². The molecule has 4 aliphatic carbocycles. The Labute approximate surface area is 123 Å². The van der Waals surface area contributed by atoms with E-state index >= 15 is 0 Å². The van der Waals surface area contributed by atoms with Crippen LogP contribution in [0.2, 0.25) is 0 Å². The van der Waals surface area contributed by atoms with Gasteiger partial charge in [-0.05, 0) is 61.2 Å². The Kier molecular flexibility index (Phi) is 3.28. The zero-order valence-corrected chi connectivity index (χ0v) is 13.9. The van der Waals surface area contributed by atoms with Crippen molar-refractivity contribution >= 4 is 10.2 Å². The Morgan fingerprint density at radius 2 is 1.60 bits per heavy atom. The molecule has 4 nitrogen and oxygen atoms in total. The van der Waals surface area contributed by atoms with Crippen LogP contribution >= 0.6 is 0 Å². The zero-order chi connectivity index (χ0) is 14.8. The van der Waals surface area contributed by atoms with E-state index in [0.29, 0.717) is 17.3 Å². The molecule has 0 aromatic heterocycles. The molecule has 4 saturated carbocycles. The first-order valence-corrected chi connectivity index (χ1v) is 9.35. The summed E-state index contributed by atoms with van der Waals surface area (Å²) in [4.78, 5) is 0. The van der Waals surface area contributed by atoms with Gasteiger partial charge in [0.2, 0.25) is 0 Å². The van der Waals surface area contributed by atoms with Gasteiger partial charge in [0.1, 0.15) is 0 Å². The predicted octanol–water partition coefficient (Wildman–Crippen LogP) is 2.28. The van der Waals surface area contributed by atoms with E-state index in [1.54, 1.807) is 0 Å². The van der Waals surface area contributed by atoms with Crippen LogP contribution in [-0.2, 0) is 10.2 Å². The molecule has 4 aliphatic rings. The molecular weight excluding hydrogens is 272 g/mol. The monoisotopic (exact) mass is 300 g/mol. The highest BCUT2D eigenvalue weighted by Gasteiger charge is 2.58. The molecular formula is C15H28N2O2S. The second-order valence-corrected chi connectivity index (χ2v) is 10.1. The van der Waals surface area contributed by atoms with Crippen molar-refractivity contribution in [3.8, 4) is 0 Å². The Morgan fingerprint density at radius 1 is 1.05 bits per heavy atom. The maximum absolute atomic E-state index is 11.9. The maximum Gasteiger partial charge on any atom is 0.277 e. The number of hydrogen-bond donors (Lipinski definition) is 2. The van der Waals surface area contributed by atoms with Crippen LogP contribution in [0, 0.1) is 29.1 Å². The van der Waals surface area contributed by atoms with Crippen molar-refractivity contribution < 1.29 is 8.42 Å². The topological polar surface area (TPSA) is 58.2 Å². The summed E-state index contributed by atoms with van der Waals surface area (Å²) < 4.78 is 29.3. The van der Waals surface area contributed by atoms with Crippen molar-refractivity contribution in [3.05, 3.63) is 0 Å². The third kappa shape index (κ3) is 2.42. The lowest BCUT2D eigenvalue weighted by atomic mass is 9.45. The Hall–Kier alpha value is -0.130. The van der Waals surface area contributed by atoms with Gasteiger partial charge in [-0.25, -0.2) is 4.72 Å². The molecule has 4 rings (SSSR count). The molecule has 2 atom stereocenters. The lowest BCUT2D eigenvalue weighted by Crippen LogP contribution is -2.64. The average molecular weight is 300 g/mol. The standard InChI is InChI=1S/C15H28N2O2S/c1-14(2,3)13-11-5-10-6-12(13)9-15(7-10,8-11)17-20(18,19)16-4/h10-13,16-17H,5-9H2,1-4H3. The van der Waals surface area contributed by atoms with Gasteiger partial charge in [0.05, 0.1) is 0 Å². The van der Waals surface area contributed by atoms with Crippen LogP contribution in [0.5, 0.6) is 0 Å². The summed E-state index contributed by atoms with van der Waals surface area (Å²) >= 11 is 0. The number of hydrogen-bond acceptors (Lipinski definition) is 2. The summed E-state index contributed by atoms with van der Waals surface area (Å²) in [5.41, 5.74) is 0.172. The molecule has 0 saturated heterocycles. The fourth-order valence-electron chi connectivity index (χ4n) is 5.90. The third-order valence-corrected chi connectivity index (χ3v) is 7.13. The molecule has 0 radical (unpaired) electrons. The highest BCUT2D eigenvalue weighted by atomic mass is 32.2. The van der Waals surface area contributed by atoms with E-state index < -0.39 is 10.2 Å². The zero-order valence-electron chi connectivity index (χ0n) is 13.1. The second-order valence-electron chi connectivity index (χ2n) is 8.45. The molecule has 20 heavy (non-hydrogen) atoms. The molecule has 2 N–H and O–H groups in total. The predicted molar refractivity (Wildman–Crippen MR) is 80.3 cm³/mol. The van der Waals surface area contributed by atoms with Crippen molar-refractivity contribution in [2.24, 2.45) is 29.1 Å². The molecule has 0 amide bonds. The van der Waals surface area contributed by atoms with Gasteiger partial charge in [-0.2, -0.15) is 13.1 Å². The summed E-state index contributed by atoms with van der Waals surface area (Å²) in [5, 5.41) is 0. The molecule has 0 spiro atoms. The van der Waals surface area contributed by atoms with Crippen LogP contribution in [0.15, 0.2) is 0 Å². The largest absolute Gasteiger partial charge is 0.277 e. The van der Waals surface area contributed by atoms with E-state index in [1.165, 1.54) is 19.9 Å². The summed E-state index contributed by atoms with van der Waals surface area (Å²) in [6, 6.07) is 0. The van der Waals surface area contributed by atoms with E-state index in [9.17, 15) is 8.42 Å². The molecule has 2 unspecified atom stereocenters. The van der Waals surface area contributed by atoms with E-state index in [4.69, 9.17) is 0 Å². The molecule has 0 aliphatic heterocycles. The molecule has 0 heterocycles. The van der Waals surface area contributed by atoms with Crippen molar-refractivity contribution in [1.82, 2.24) is 9.44 Å². The first-order chi connectivity index (χ1) is 9.14. The fraction of sp³-hybridized carbons (Fsp3) is 1.00. The lowest BCUT2D eigenvalue weighted by Gasteiger charge is -2.62. The van der Waals surface area contributed by atoms with E-state index in [1.807, 2.05) is 0 Å². The van der Waals surface area contributed by atoms with Crippen molar-refractivity contribution in [2.75, 3.05) is 7.05 Å². The van der Waals surface area contributed by atoms with Crippen molar-refractivity contribution in [1.29, 1.82) is 0 Å². The minimum atomic E-state index is -3.34. The smallest absolute Gasteiger partial charge is 0.205 e. The van der Waals surface area contributed by atoms with Crippen LogP contribution in [0.25, 0.3) is 0 Å². The van der Waals surface area contributed by atoms with Gasteiger partial charge in [0.25, 0.3) is 10.2 Å². The highest BCUT2D eigenvalue weighted by molar-refractivity contribution is 7.87. The summed E-state index contributed by atoms with van der Waals surface area (Å²) in [7, 11) is -1.85. The fourth-order valence-corrected chi connectivity index (χ4v) is 6.82. The molecule has 4 fully saturated rings. The van der Waals surface area contributed by atoms with Gasteiger partial charge < -0.3 is 0 Å². The average Bonchev–Trinajstić information content (AvgIpc) is 2.23. The first kappa shape index (κ1) is 14.8. The van der Waals surface area contributed by atoms with Crippen molar-refractivity contribution in [3.63, 3.8) is 0 Å². The second kappa shape index (κ2) is 4.43.